The van der Waals surface area contributed by atoms with E-state index in [0.717, 1.165) is 20.8 Å². The average molecular weight is 407 g/mol. The Hall–Kier alpha value is -2.11. The van der Waals surface area contributed by atoms with Gasteiger partial charge in [-0.05, 0) is 46.7 Å². The molecule has 0 heterocycles. The van der Waals surface area contributed by atoms with Gasteiger partial charge in [-0.3, -0.25) is 10.1 Å². The molecule has 0 aliphatic carbocycles. The zero-order valence-corrected chi connectivity index (χ0v) is 14.8. The highest BCUT2D eigenvalue weighted by Gasteiger charge is 2.25. The number of hydrogen-bond donors (Lipinski definition) is 1. The van der Waals surface area contributed by atoms with Crippen molar-refractivity contribution in [1.29, 1.82) is 0 Å². The molecule has 3 aromatic carbocycles. The van der Waals surface area contributed by atoms with Crippen LogP contribution in [0.15, 0.2) is 59.1 Å². The van der Waals surface area contributed by atoms with Gasteiger partial charge in [-0.15, -0.1) is 0 Å². The van der Waals surface area contributed by atoms with Gasteiger partial charge >= 0.3 is 0 Å². The van der Waals surface area contributed by atoms with Crippen molar-refractivity contribution in [3.63, 3.8) is 0 Å². The van der Waals surface area contributed by atoms with Gasteiger partial charge in [0.15, 0.2) is 0 Å². The van der Waals surface area contributed by atoms with Crippen molar-refractivity contribution in [3.05, 3.63) is 85.3 Å². The summed E-state index contributed by atoms with van der Waals surface area (Å²) in [6, 6.07) is 15.9. The molecular weight excluding hydrogens is 394 g/mol. The number of fused-ring (bicyclic) bond motifs is 1. The molecule has 0 aliphatic heterocycles. The summed E-state index contributed by atoms with van der Waals surface area (Å²) in [4.78, 5) is 10.9. The zero-order valence-electron chi connectivity index (χ0n) is 12.4. The van der Waals surface area contributed by atoms with Crippen molar-refractivity contribution in [2.24, 2.45) is 0 Å². The minimum absolute atomic E-state index is 0.0478. The first kappa shape index (κ1) is 16.7. The normalized spacial score (nSPS) is 12.2. The molecule has 24 heavy (non-hydrogen) atoms. The first-order valence-corrected chi connectivity index (χ1v) is 8.41. The lowest BCUT2D eigenvalue weighted by Crippen LogP contribution is -2.14. The third-order valence-corrected chi connectivity index (χ3v) is 4.70. The average Bonchev–Trinajstić information content (AvgIpc) is 2.54. The topological polar surface area (TPSA) is 63.4 Å². The van der Waals surface area contributed by atoms with Gasteiger partial charge in [-0.2, -0.15) is 0 Å². The number of phenols is 1. The Kier molecular flexibility index (Phi) is 4.73. The molecule has 6 heteroatoms. The van der Waals surface area contributed by atoms with Crippen molar-refractivity contribution in [1.82, 2.24) is 0 Å². The Morgan fingerprint density at radius 3 is 2.50 bits per heavy atom. The quantitative estimate of drug-likeness (QED) is 0.468. The molecule has 122 valence electrons. The van der Waals surface area contributed by atoms with E-state index in [2.05, 4.69) is 15.9 Å². The summed E-state index contributed by atoms with van der Waals surface area (Å²) >= 11 is 9.34. The molecule has 1 N–H and O–H groups in total. The van der Waals surface area contributed by atoms with Crippen molar-refractivity contribution in [2.75, 3.05) is 6.54 Å². The van der Waals surface area contributed by atoms with Crippen molar-refractivity contribution >= 4 is 38.3 Å². The van der Waals surface area contributed by atoms with Crippen molar-refractivity contribution in [2.45, 2.75) is 5.92 Å². The maximum absolute atomic E-state index is 11.2. The Morgan fingerprint density at radius 2 is 1.83 bits per heavy atom. The van der Waals surface area contributed by atoms with Crippen LogP contribution in [-0.2, 0) is 0 Å². The largest absolute Gasteiger partial charge is 0.508 e. The van der Waals surface area contributed by atoms with Crippen molar-refractivity contribution in [3.8, 4) is 5.75 Å². The third-order valence-electron chi connectivity index (χ3n) is 3.95. The molecule has 0 fully saturated rings. The number of halogens is 2. The number of nitrogens with zero attached hydrogens (tertiary/aromatic N) is 1. The highest BCUT2D eigenvalue weighted by atomic mass is 79.9. The second-order valence-corrected chi connectivity index (χ2v) is 6.84. The van der Waals surface area contributed by atoms with Gasteiger partial charge in [0, 0.05) is 20.0 Å². The second kappa shape index (κ2) is 6.79. The highest BCUT2D eigenvalue weighted by Crippen LogP contribution is 2.38. The fourth-order valence-electron chi connectivity index (χ4n) is 2.89. The van der Waals surface area contributed by atoms with Gasteiger partial charge in [0.05, 0.1) is 5.92 Å². The molecule has 0 amide bonds. The molecular formula is C18H13BrClNO3. The van der Waals surface area contributed by atoms with E-state index in [1.54, 1.807) is 36.4 Å². The lowest BCUT2D eigenvalue weighted by molar-refractivity contribution is -0.481. The van der Waals surface area contributed by atoms with E-state index in [0.29, 0.717) is 10.6 Å². The molecule has 0 unspecified atom stereocenters. The van der Waals surface area contributed by atoms with E-state index in [1.165, 1.54) is 0 Å². The minimum Gasteiger partial charge on any atom is -0.508 e. The monoisotopic (exact) mass is 405 g/mol. The van der Waals surface area contributed by atoms with E-state index in [-0.39, 0.29) is 17.2 Å². The number of nitro groups is 1. The molecule has 3 aromatic rings. The fourth-order valence-corrected chi connectivity index (χ4v) is 3.39. The molecule has 0 aromatic heterocycles. The molecule has 3 rings (SSSR count). The highest BCUT2D eigenvalue weighted by molar-refractivity contribution is 9.10. The molecule has 4 nitrogen and oxygen atoms in total. The summed E-state index contributed by atoms with van der Waals surface area (Å²) in [6.07, 6.45) is 0. The van der Waals surface area contributed by atoms with Crippen LogP contribution in [-0.4, -0.2) is 16.6 Å². The molecule has 0 spiro atoms. The van der Waals surface area contributed by atoms with Gasteiger partial charge in [0.2, 0.25) is 6.54 Å². The smallest absolute Gasteiger partial charge is 0.214 e. The summed E-state index contributed by atoms with van der Waals surface area (Å²) in [6.45, 7) is -0.315. The number of benzene rings is 3. The zero-order chi connectivity index (χ0) is 17.3. The third kappa shape index (κ3) is 3.37. The second-order valence-electron chi connectivity index (χ2n) is 5.48. The Balaban J connectivity index is 2.24. The SMILES string of the molecule is O=[N+]([O-])C[C@@H](c1ccc(Cl)cc1)c1c(O)ccc2cc(Br)ccc12. The molecule has 0 saturated carbocycles. The van der Waals surface area contributed by atoms with Crippen LogP contribution >= 0.6 is 27.5 Å². The molecule has 0 saturated heterocycles. The number of phenolic OH excluding ortho intramolecular Hbond substituents is 1. The van der Waals surface area contributed by atoms with Crippen LogP contribution in [0.5, 0.6) is 5.75 Å². The fraction of sp³-hybridized carbons (Fsp3) is 0.111. The van der Waals surface area contributed by atoms with E-state index >= 15 is 0 Å². The predicted molar refractivity (Wildman–Crippen MR) is 98.5 cm³/mol. The van der Waals surface area contributed by atoms with Crippen LogP contribution < -0.4 is 0 Å². The van der Waals surface area contributed by atoms with Crippen LogP contribution in [0.3, 0.4) is 0 Å². The summed E-state index contributed by atoms with van der Waals surface area (Å²) in [5.41, 5.74) is 1.29. The first-order valence-electron chi connectivity index (χ1n) is 7.24. The molecule has 0 radical (unpaired) electrons. The van der Waals surface area contributed by atoms with E-state index in [1.807, 2.05) is 18.2 Å². The summed E-state index contributed by atoms with van der Waals surface area (Å²) < 4.78 is 0.906. The predicted octanol–water partition coefficient (Wildman–Crippen LogP) is 5.37. The minimum atomic E-state index is -0.567. The number of hydrogen-bond acceptors (Lipinski definition) is 3. The Bertz CT molecular complexity index is 912. The number of rotatable bonds is 4. The maximum Gasteiger partial charge on any atom is 0.214 e. The molecule has 0 bridgehead atoms. The van der Waals surface area contributed by atoms with Gasteiger partial charge in [0.25, 0.3) is 0 Å². The van der Waals surface area contributed by atoms with Gasteiger partial charge in [-0.25, -0.2) is 0 Å². The van der Waals surface area contributed by atoms with E-state index < -0.39 is 5.92 Å². The number of aromatic hydroxyl groups is 1. The lowest BCUT2D eigenvalue weighted by atomic mass is 9.87. The summed E-state index contributed by atoms with van der Waals surface area (Å²) in [5, 5.41) is 23.9. The van der Waals surface area contributed by atoms with Crippen LogP contribution in [0.25, 0.3) is 10.8 Å². The van der Waals surface area contributed by atoms with Crippen LogP contribution in [0.2, 0.25) is 5.02 Å². The van der Waals surface area contributed by atoms with Crippen molar-refractivity contribution < 1.29 is 10.0 Å². The molecule has 1 atom stereocenters. The van der Waals surface area contributed by atoms with Gasteiger partial charge < -0.3 is 5.11 Å². The Labute approximate surface area is 152 Å². The molecule has 0 aliphatic rings. The standard InChI is InChI=1S/C18H13BrClNO3/c19-13-4-7-15-12(9-13)3-8-17(22)18(15)16(10-21(23)24)11-1-5-14(20)6-2-11/h1-9,16,22H,10H2/t16-/m0/s1. The van der Waals surface area contributed by atoms with E-state index in [9.17, 15) is 15.2 Å². The van der Waals surface area contributed by atoms with Gasteiger partial charge in [0.1, 0.15) is 5.75 Å². The summed E-state index contributed by atoms with van der Waals surface area (Å²) in [7, 11) is 0. The maximum atomic E-state index is 11.2. The lowest BCUT2D eigenvalue weighted by Gasteiger charge is -2.18. The van der Waals surface area contributed by atoms with Crippen LogP contribution in [0, 0.1) is 10.1 Å². The first-order chi connectivity index (χ1) is 11.5. The Morgan fingerprint density at radius 1 is 1.12 bits per heavy atom. The summed E-state index contributed by atoms with van der Waals surface area (Å²) in [5.74, 6) is -0.520. The van der Waals surface area contributed by atoms with Crippen LogP contribution in [0.1, 0.15) is 17.0 Å². The van der Waals surface area contributed by atoms with Gasteiger partial charge in [-0.1, -0.05) is 51.8 Å². The van der Waals surface area contributed by atoms with E-state index in [4.69, 9.17) is 11.6 Å². The van der Waals surface area contributed by atoms with Crippen LogP contribution in [0.4, 0.5) is 0 Å².